The van der Waals surface area contributed by atoms with Crippen LogP contribution in [-0.2, 0) is 0 Å². The van der Waals surface area contributed by atoms with E-state index in [1.165, 1.54) is 36.4 Å². The van der Waals surface area contributed by atoms with E-state index >= 15 is 0 Å². The van der Waals surface area contributed by atoms with Crippen LogP contribution in [0.4, 0.5) is 8.78 Å². The minimum absolute atomic E-state index is 0.273. The number of benzene rings is 1. The van der Waals surface area contributed by atoms with Crippen LogP contribution in [0.5, 0.6) is 0 Å². The lowest BCUT2D eigenvalue weighted by Gasteiger charge is -2.40. The van der Waals surface area contributed by atoms with Gasteiger partial charge in [-0.25, -0.2) is 8.78 Å². The highest BCUT2D eigenvalue weighted by Gasteiger charge is 2.35. The lowest BCUT2D eigenvalue weighted by Crippen LogP contribution is -2.43. The van der Waals surface area contributed by atoms with Crippen LogP contribution in [0.15, 0.2) is 23.1 Å². The van der Waals surface area contributed by atoms with E-state index in [9.17, 15) is 8.78 Å². The smallest absolute Gasteiger partial charge is 0.136 e. The van der Waals surface area contributed by atoms with Gasteiger partial charge in [-0.1, -0.05) is 13.8 Å². The van der Waals surface area contributed by atoms with Gasteiger partial charge in [-0.05, 0) is 49.9 Å². The average Bonchev–Trinajstić information content (AvgIpc) is 2.33. The van der Waals surface area contributed by atoms with Crippen LogP contribution in [-0.4, -0.2) is 18.3 Å². The summed E-state index contributed by atoms with van der Waals surface area (Å²) in [5.74, 6) is -0.704. The minimum atomic E-state index is -0.375. The first kappa shape index (κ1) is 14.8. The Balaban J connectivity index is 2.16. The van der Waals surface area contributed by atoms with Crippen molar-refractivity contribution >= 4 is 11.8 Å². The molecule has 106 valence electrons. The first-order chi connectivity index (χ1) is 8.91. The summed E-state index contributed by atoms with van der Waals surface area (Å²) in [6.45, 7) is 4.49. The molecule has 19 heavy (non-hydrogen) atoms. The normalized spacial score (nSPS) is 26.4. The number of nitrogens with one attached hydrogen (secondary N) is 1. The van der Waals surface area contributed by atoms with Gasteiger partial charge < -0.3 is 5.32 Å². The molecule has 0 aliphatic heterocycles. The van der Waals surface area contributed by atoms with Crippen molar-refractivity contribution in [2.45, 2.75) is 49.3 Å². The molecule has 1 N–H and O–H groups in total. The lowest BCUT2D eigenvalue weighted by molar-refractivity contribution is 0.218. The molecule has 0 aromatic heterocycles. The quantitative estimate of drug-likeness (QED) is 0.892. The van der Waals surface area contributed by atoms with Crippen LogP contribution in [0.25, 0.3) is 0 Å². The Kier molecular flexibility index (Phi) is 4.51. The third-order valence-corrected chi connectivity index (χ3v) is 5.24. The largest absolute Gasteiger partial charge is 0.316 e. The second-order valence-corrected chi connectivity index (χ2v) is 7.31. The summed E-state index contributed by atoms with van der Waals surface area (Å²) in [5, 5.41) is 3.59. The Morgan fingerprint density at radius 2 is 2.05 bits per heavy atom. The molecule has 0 heterocycles. The number of thioether (sulfide) groups is 1. The molecule has 1 aromatic rings. The number of halogens is 2. The molecule has 2 atom stereocenters. The summed E-state index contributed by atoms with van der Waals surface area (Å²) >= 11 is 1.46. The molecule has 0 bridgehead atoms. The van der Waals surface area contributed by atoms with E-state index in [0.29, 0.717) is 10.9 Å². The van der Waals surface area contributed by atoms with Crippen molar-refractivity contribution in [3.63, 3.8) is 0 Å². The van der Waals surface area contributed by atoms with Crippen molar-refractivity contribution in [1.29, 1.82) is 0 Å². The maximum absolute atomic E-state index is 13.7. The molecule has 2 unspecified atom stereocenters. The third kappa shape index (κ3) is 3.69. The molecule has 0 saturated heterocycles. The second-order valence-electron chi connectivity index (χ2n) is 6.03. The first-order valence-corrected chi connectivity index (χ1v) is 7.58. The summed E-state index contributed by atoms with van der Waals surface area (Å²) in [7, 11) is 1.94. The van der Waals surface area contributed by atoms with Crippen molar-refractivity contribution in [2.24, 2.45) is 5.41 Å². The molecule has 1 nitrogen and oxygen atoms in total. The van der Waals surface area contributed by atoms with Gasteiger partial charge in [0.1, 0.15) is 11.6 Å². The van der Waals surface area contributed by atoms with Crippen LogP contribution < -0.4 is 5.32 Å². The zero-order chi connectivity index (χ0) is 14.0. The van der Waals surface area contributed by atoms with Crippen molar-refractivity contribution in [3.8, 4) is 0 Å². The fourth-order valence-corrected chi connectivity index (χ4v) is 4.36. The molecular weight excluding hydrogens is 264 g/mol. The van der Waals surface area contributed by atoms with Crippen molar-refractivity contribution in [1.82, 2.24) is 5.32 Å². The third-order valence-electron chi connectivity index (χ3n) is 3.88. The Morgan fingerprint density at radius 3 is 2.74 bits per heavy atom. The topological polar surface area (TPSA) is 12.0 Å². The molecule has 0 spiro atoms. The predicted octanol–water partition coefficient (Wildman–Crippen LogP) is 4.22. The van der Waals surface area contributed by atoms with Gasteiger partial charge in [0.2, 0.25) is 0 Å². The fraction of sp³-hybridized carbons (Fsp3) is 0.600. The van der Waals surface area contributed by atoms with Crippen LogP contribution in [0.1, 0.15) is 33.1 Å². The molecule has 4 heteroatoms. The zero-order valence-corrected chi connectivity index (χ0v) is 12.5. The second kappa shape index (κ2) is 5.80. The molecule has 0 radical (unpaired) electrons. The van der Waals surface area contributed by atoms with E-state index in [0.717, 1.165) is 12.8 Å². The van der Waals surface area contributed by atoms with Crippen LogP contribution >= 0.6 is 11.8 Å². The molecule has 1 fully saturated rings. The molecule has 1 aromatic carbocycles. The summed E-state index contributed by atoms with van der Waals surface area (Å²) in [6.07, 6.45) is 3.26. The van der Waals surface area contributed by atoms with E-state index < -0.39 is 0 Å². The van der Waals surface area contributed by atoms with Gasteiger partial charge in [0.05, 0.1) is 0 Å². The summed E-state index contributed by atoms with van der Waals surface area (Å²) in [4.78, 5) is 0.419. The summed E-state index contributed by atoms with van der Waals surface area (Å²) in [5.41, 5.74) is 0.273. The highest BCUT2D eigenvalue weighted by molar-refractivity contribution is 8.00. The summed E-state index contributed by atoms with van der Waals surface area (Å²) < 4.78 is 27.0. The van der Waals surface area contributed by atoms with E-state index in [2.05, 4.69) is 19.2 Å². The monoisotopic (exact) mass is 285 g/mol. The number of hydrogen-bond donors (Lipinski definition) is 1. The van der Waals surface area contributed by atoms with Crippen LogP contribution in [0.3, 0.4) is 0 Å². The van der Waals surface area contributed by atoms with E-state index in [-0.39, 0.29) is 22.3 Å². The highest BCUT2D eigenvalue weighted by atomic mass is 32.2. The standard InChI is InChI=1S/C15H21F2NS/c1-15(2)7-6-12(18-3)14(9-15)19-13-8-10(16)4-5-11(13)17/h4-5,8,12,14,18H,6-7,9H2,1-3H3. The maximum Gasteiger partial charge on any atom is 0.136 e. The van der Waals surface area contributed by atoms with Gasteiger partial charge in [0.15, 0.2) is 0 Å². The maximum atomic E-state index is 13.7. The molecule has 0 amide bonds. The van der Waals surface area contributed by atoms with Gasteiger partial charge in [-0.15, -0.1) is 11.8 Å². The highest BCUT2D eigenvalue weighted by Crippen LogP contribution is 2.43. The number of hydrogen-bond acceptors (Lipinski definition) is 2. The Hall–Kier alpha value is -0.610. The van der Waals surface area contributed by atoms with E-state index in [4.69, 9.17) is 0 Å². The van der Waals surface area contributed by atoms with Crippen molar-refractivity contribution in [2.75, 3.05) is 7.05 Å². The minimum Gasteiger partial charge on any atom is -0.316 e. The molecule has 1 aliphatic rings. The van der Waals surface area contributed by atoms with Gasteiger partial charge in [-0.2, -0.15) is 0 Å². The fourth-order valence-electron chi connectivity index (χ4n) is 2.71. The molecule has 1 saturated carbocycles. The SMILES string of the molecule is CNC1CCC(C)(C)CC1Sc1cc(F)ccc1F. The van der Waals surface area contributed by atoms with Crippen molar-refractivity contribution < 1.29 is 8.78 Å². The van der Waals surface area contributed by atoms with Crippen LogP contribution in [0.2, 0.25) is 0 Å². The Labute approximate surface area is 118 Å². The molecule has 2 rings (SSSR count). The Bertz CT molecular complexity index is 448. The summed E-state index contributed by atoms with van der Waals surface area (Å²) in [6, 6.07) is 4.04. The lowest BCUT2D eigenvalue weighted by atomic mass is 9.75. The van der Waals surface area contributed by atoms with E-state index in [1.54, 1.807) is 0 Å². The van der Waals surface area contributed by atoms with Gasteiger partial charge in [0, 0.05) is 16.2 Å². The Morgan fingerprint density at radius 1 is 1.32 bits per heavy atom. The first-order valence-electron chi connectivity index (χ1n) is 6.70. The zero-order valence-electron chi connectivity index (χ0n) is 11.7. The number of rotatable bonds is 3. The average molecular weight is 285 g/mol. The van der Waals surface area contributed by atoms with Gasteiger partial charge in [0.25, 0.3) is 0 Å². The van der Waals surface area contributed by atoms with E-state index in [1.807, 2.05) is 7.05 Å². The molecule has 1 aliphatic carbocycles. The van der Waals surface area contributed by atoms with Crippen LogP contribution in [0, 0.1) is 17.0 Å². The van der Waals surface area contributed by atoms with Crippen molar-refractivity contribution in [3.05, 3.63) is 29.8 Å². The predicted molar refractivity (Wildman–Crippen MR) is 76.5 cm³/mol. The van der Waals surface area contributed by atoms with Gasteiger partial charge >= 0.3 is 0 Å². The molecular formula is C15H21F2NS. The van der Waals surface area contributed by atoms with Gasteiger partial charge in [-0.3, -0.25) is 0 Å².